The number of aryl methyl sites for hydroxylation is 2. The number of methoxy groups -OCH3 is 1. The summed E-state index contributed by atoms with van der Waals surface area (Å²) in [5.41, 5.74) is 5.10. The van der Waals surface area contributed by atoms with Gasteiger partial charge in [0.25, 0.3) is 0 Å². The number of thiazole rings is 1. The van der Waals surface area contributed by atoms with E-state index in [1.54, 1.807) is 31.9 Å². The van der Waals surface area contributed by atoms with E-state index < -0.39 is 0 Å². The standard InChI is InChI=1S/C22H20N6O2S/c1-12-7-15(30-4)8-13(2)20(12)17-9-16(19-11-25-22(31-19)26-14(3)29)27-21(28-17)18-10-23-5-6-24-18/h5-11H,1-4H3,(H,25,26,29). The number of hydrogen-bond donors (Lipinski definition) is 1. The van der Waals surface area contributed by atoms with E-state index in [0.717, 1.165) is 33.0 Å². The van der Waals surface area contributed by atoms with Crippen molar-refractivity contribution in [1.29, 1.82) is 0 Å². The summed E-state index contributed by atoms with van der Waals surface area (Å²) in [5.74, 6) is 1.09. The molecule has 4 aromatic rings. The van der Waals surface area contributed by atoms with Gasteiger partial charge < -0.3 is 10.1 Å². The van der Waals surface area contributed by atoms with Crippen LogP contribution in [0.1, 0.15) is 18.1 Å². The molecule has 156 valence electrons. The van der Waals surface area contributed by atoms with E-state index in [1.807, 2.05) is 32.0 Å². The van der Waals surface area contributed by atoms with Gasteiger partial charge in [0.05, 0.1) is 29.6 Å². The molecule has 0 bridgehead atoms. The number of nitrogens with zero attached hydrogens (tertiary/aromatic N) is 5. The number of aromatic nitrogens is 5. The Hall–Kier alpha value is -3.72. The van der Waals surface area contributed by atoms with E-state index >= 15 is 0 Å². The lowest BCUT2D eigenvalue weighted by Crippen LogP contribution is -2.04. The van der Waals surface area contributed by atoms with Crippen molar-refractivity contribution in [2.75, 3.05) is 12.4 Å². The van der Waals surface area contributed by atoms with Crippen LogP contribution >= 0.6 is 11.3 Å². The first kappa shape index (κ1) is 20.5. The van der Waals surface area contributed by atoms with Gasteiger partial charge in [-0.15, -0.1) is 0 Å². The highest BCUT2D eigenvalue weighted by molar-refractivity contribution is 7.19. The van der Waals surface area contributed by atoms with Crippen LogP contribution in [0.3, 0.4) is 0 Å². The summed E-state index contributed by atoms with van der Waals surface area (Å²) in [5, 5.41) is 3.22. The summed E-state index contributed by atoms with van der Waals surface area (Å²) in [7, 11) is 1.65. The van der Waals surface area contributed by atoms with Crippen molar-refractivity contribution < 1.29 is 9.53 Å². The summed E-state index contributed by atoms with van der Waals surface area (Å²) in [6, 6.07) is 5.88. The number of amides is 1. The molecule has 9 heteroatoms. The van der Waals surface area contributed by atoms with Crippen molar-refractivity contribution in [2.45, 2.75) is 20.8 Å². The number of benzene rings is 1. The minimum atomic E-state index is -0.172. The third kappa shape index (κ3) is 4.41. The Morgan fingerprint density at radius 2 is 1.71 bits per heavy atom. The molecule has 0 saturated heterocycles. The molecule has 1 aromatic carbocycles. The minimum Gasteiger partial charge on any atom is -0.497 e. The average molecular weight is 433 g/mol. The van der Waals surface area contributed by atoms with Crippen LogP contribution < -0.4 is 10.1 Å². The molecule has 0 aliphatic heterocycles. The number of ether oxygens (including phenoxy) is 1. The summed E-state index contributed by atoms with van der Waals surface area (Å²) in [6.45, 7) is 5.50. The molecule has 0 fully saturated rings. The number of carbonyl (C=O) groups excluding carboxylic acids is 1. The van der Waals surface area contributed by atoms with Gasteiger partial charge >= 0.3 is 0 Å². The maximum atomic E-state index is 11.4. The van der Waals surface area contributed by atoms with Crippen LogP contribution in [-0.2, 0) is 4.79 Å². The van der Waals surface area contributed by atoms with Crippen molar-refractivity contribution in [1.82, 2.24) is 24.9 Å². The van der Waals surface area contributed by atoms with Crippen LogP contribution in [0.4, 0.5) is 5.13 Å². The lowest BCUT2D eigenvalue weighted by molar-refractivity contribution is -0.114. The number of nitrogens with one attached hydrogen (secondary N) is 1. The van der Waals surface area contributed by atoms with E-state index in [4.69, 9.17) is 14.7 Å². The molecular formula is C22H20N6O2S. The van der Waals surface area contributed by atoms with Crippen LogP contribution in [0.5, 0.6) is 5.75 Å². The smallest absolute Gasteiger partial charge is 0.223 e. The first-order valence-electron chi connectivity index (χ1n) is 9.49. The Morgan fingerprint density at radius 3 is 2.35 bits per heavy atom. The van der Waals surface area contributed by atoms with Crippen molar-refractivity contribution in [3.63, 3.8) is 0 Å². The highest BCUT2D eigenvalue weighted by atomic mass is 32.1. The highest BCUT2D eigenvalue weighted by Crippen LogP contribution is 2.35. The van der Waals surface area contributed by atoms with Crippen LogP contribution in [0.2, 0.25) is 0 Å². The molecule has 1 amide bonds. The maximum absolute atomic E-state index is 11.4. The Kier molecular flexibility index (Phi) is 5.68. The van der Waals surface area contributed by atoms with Crippen molar-refractivity contribution in [3.8, 4) is 39.1 Å². The fraction of sp³-hybridized carbons (Fsp3) is 0.182. The van der Waals surface area contributed by atoms with Gasteiger partial charge in [-0.05, 0) is 43.2 Å². The quantitative estimate of drug-likeness (QED) is 0.501. The second kappa shape index (κ2) is 8.57. The van der Waals surface area contributed by atoms with Gasteiger partial charge in [0, 0.05) is 31.1 Å². The van der Waals surface area contributed by atoms with Gasteiger partial charge in [-0.3, -0.25) is 9.78 Å². The second-order valence-electron chi connectivity index (χ2n) is 6.90. The molecule has 3 heterocycles. The van der Waals surface area contributed by atoms with Crippen LogP contribution in [0, 0.1) is 13.8 Å². The molecule has 0 aliphatic rings. The third-order valence-corrected chi connectivity index (χ3v) is 5.49. The SMILES string of the molecule is COc1cc(C)c(-c2cc(-c3cnc(NC(C)=O)s3)nc(-c3cnccn3)n2)c(C)c1. The molecule has 0 saturated carbocycles. The topological polar surface area (TPSA) is 103 Å². The predicted octanol–water partition coefficient (Wildman–Crippen LogP) is 4.31. The van der Waals surface area contributed by atoms with E-state index in [1.165, 1.54) is 18.3 Å². The normalized spacial score (nSPS) is 10.7. The fourth-order valence-electron chi connectivity index (χ4n) is 3.28. The molecule has 1 N–H and O–H groups in total. The van der Waals surface area contributed by atoms with Crippen LogP contribution in [0.15, 0.2) is 43.0 Å². The largest absolute Gasteiger partial charge is 0.497 e. The Bertz CT molecular complexity index is 1230. The average Bonchev–Trinajstić information content (AvgIpc) is 3.21. The molecule has 8 nitrogen and oxygen atoms in total. The van der Waals surface area contributed by atoms with Gasteiger partial charge in [-0.1, -0.05) is 11.3 Å². The zero-order valence-corrected chi connectivity index (χ0v) is 18.3. The zero-order valence-electron chi connectivity index (χ0n) is 17.5. The third-order valence-electron chi connectivity index (χ3n) is 4.56. The Balaban J connectivity index is 1.89. The summed E-state index contributed by atoms with van der Waals surface area (Å²) in [6.07, 6.45) is 6.54. The van der Waals surface area contributed by atoms with Crippen molar-refractivity contribution in [3.05, 3.63) is 54.1 Å². The molecule has 31 heavy (non-hydrogen) atoms. The lowest BCUT2D eigenvalue weighted by atomic mass is 9.98. The first-order chi connectivity index (χ1) is 14.9. The van der Waals surface area contributed by atoms with Crippen LogP contribution in [-0.4, -0.2) is 37.9 Å². The van der Waals surface area contributed by atoms with E-state index in [2.05, 4.69) is 20.3 Å². The fourth-order valence-corrected chi connectivity index (χ4v) is 4.10. The molecule has 0 spiro atoms. The van der Waals surface area contributed by atoms with E-state index in [9.17, 15) is 4.79 Å². The van der Waals surface area contributed by atoms with Gasteiger partial charge in [-0.2, -0.15) is 0 Å². The van der Waals surface area contributed by atoms with Crippen molar-refractivity contribution in [2.24, 2.45) is 0 Å². The molecule has 4 rings (SSSR count). The second-order valence-corrected chi connectivity index (χ2v) is 7.93. The number of hydrogen-bond acceptors (Lipinski definition) is 8. The number of carbonyl (C=O) groups is 1. The zero-order chi connectivity index (χ0) is 22.0. The minimum absolute atomic E-state index is 0.172. The highest BCUT2D eigenvalue weighted by Gasteiger charge is 2.17. The van der Waals surface area contributed by atoms with Gasteiger partial charge in [-0.25, -0.2) is 19.9 Å². The monoisotopic (exact) mass is 432 g/mol. The lowest BCUT2D eigenvalue weighted by Gasteiger charge is -2.13. The molecule has 0 unspecified atom stereocenters. The summed E-state index contributed by atoms with van der Waals surface area (Å²) in [4.78, 5) is 34.5. The van der Waals surface area contributed by atoms with Crippen LogP contribution in [0.25, 0.3) is 33.3 Å². The molecule has 0 radical (unpaired) electrons. The molecule has 0 atom stereocenters. The predicted molar refractivity (Wildman–Crippen MR) is 120 cm³/mol. The Morgan fingerprint density at radius 1 is 0.968 bits per heavy atom. The van der Waals surface area contributed by atoms with E-state index in [-0.39, 0.29) is 5.91 Å². The molecular weight excluding hydrogens is 412 g/mol. The van der Waals surface area contributed by atoms with E-state index in [0.29, 0.717) is 22.3 Å². The van der Waals surface area contributed by atoms with Gasteiger partial charge in [0.15, 0.2) is 11.0 Å². The maximum Gasteiger partial charge on any atom is 0.223 e. The summed E-state index contributed by atoms with van der Waals surface area (Å²) < 4.78 is 5.40. The van der Waals surface area contributed by atoms with Gasteiger partial charge in [0.2, 0.25) is 5.91 Å². The number of rotatable bonds is 5. The molecule has 3 aromatic heterocycles. The van der Waals surface area contributed by atoms with Gasteiger partial charge in [0.1, 0.15) is 11.4 Å². The molecule has 0 aliphatic carbocycles. The number of anilines is 1. The van der Waals surface area contributed by atoms with Crippen molar-refractivity contribution >= 4 is 22.4 Å². The Labute approximate surface area is 183 Å². The first-order valence-corrected chi connectivity index (χ1v) is 10.3. The summed E-state index contributed by atoms with van der Waals surface area (Å²) >= 11 is 1.35.